The molecule has 16 heavy (non-hydrogen) atoms. The average Bonchev–Trinajstić information content (AvgIpc) is 2.66. The summed E-state index contributed by atoms with van der Waals surface area (Å²) in [5.41, 5.74) is 0.864. The molecule has 0 bridgehead atoms. The van der Waals surface area contributed by atoms with Crippen LogP contribution in [0.2, 0.25) is 0 Å². The Kier molecular flexibility index (Phi) is 3.78. The van der Waals surface area contributed by atoms with Crippen LogP contribution in [0.25, 0.3) is 10.2 Å². The van der Waals surface area contributed by atoms with Crippen LogP contribution in [0, 0.1) is 0 Å². The second-order valence-electron chi connectivity index (χ2n) is 4.05. The van der Waals surface area contributed by atoms with Crippen molar-refractivity contribution in [2.75, 3.05) is 0 Å². The quantitative estimate of drug-likeness (QED) is 0.698. The number of rotatable bonds is 5. The minimum Gasteiger partial charge on any atom is -0.290 e. The molecule has 1 radical (unpaired) electrons. The van der Waals surface area contributed by atoms with Crippen molar-refractivity contribution in [2.45, 2.75) is 39.0 Å². The lowest BCUT2D eigenvalue weighted by molar-refractivity contribution is 0.355. The molecule has 0 aliphatic heterocycles. The number of nitrogens with zero attached hydrogens (tertiary/aromatic N) is 1. The Balaban J connectivity index is 2.02. The zero-order valence-electron chi connectivity index (χ0n) is 9.53. The Morgan fingerprint density at radius 2 is 2.12 bits per heavy atom. The van der Waals surface area contributed by atoms with E-state index in [4.69, 9.17) is 0 Å². The third-order valence-electron chi connectivity index (χ3n) is 2.65. The Hall–Kier alpha value is -1.09. The first kappa shape index (κ1) is 11.4. The number of unbranched alkanes of at least 4 members (excludes halogenated alkanes) is 3. The van der Waals surface area contributed by atoms with E-state index in [-0.39, 0.29) is 5.75 Å². The van der Waals surface area contributed by atoms with E-state index in [1.54, 1.807) is 23.5 Å². The van der Waals surface area contributed by atoms with Gasteiger partial charge in [0.25, 0.3) is 0 Å². The normalized spacial score (nSPS) is 11.1. The van der Waals surface area contributed by atoms with E-state index in [0.717, 1.165) is 21.6 Å². The molecule has 0 unspecified atom stereocenters. The van der Waals surface area contributed by atoms with Crippen LogP contribution in [0.1, 0.15) is 37.6 Å². The zero-order valence-corrected chi connectivity index (χ0v) is 10.3. The molecule has 0 N–H and O–H groups in total. The highest BCUT2D eigenvalue weighted by Gasteiger charge is 2.04. The fourth-order valence-electron chi connectivity index (χ4n) is 1.76. The van der Waals surface area contributed by atoms with Crippen LogP contribution in [-0.4, -0.2) is 4.98 Å². The predicted molar refractivity (Wildman–Crippen MR) is 67.6 cm³/mol. The first-order chi connectivity index (χ1) is 7.79. The van der Waals surface area contributed by atoms with Gasteiger partial charge in [0, 0.05) is 6.07 Å². The van der Waals surface area contributed by atoms with Crippen LogP contribution < -0.4 is 0 Å². The maximum Gasteiger partial charge on any atom is 0.180 e. The van der Waals surface area contributed by atoms with Crippen molar-refractivity contribution in [3.63, 3.8) is 0 Å². The zero-order chi connectivity index (χ0) is 11.4. The molecule has 0 saturated carbocycles. The molecule has 1 heterocycles. The van der Waals surface area contributed by atoms with Crippen molar-refractivity contribution in [3.05, 3.63) is 23.2 Å². The highest BCUT2D eigenvalue weighted by atomic mass is 32.1. The van der Waals surface area contributed by atoms with E-state index in [9.17, 15) is 5.11 Å². The molecular weight excluding hydrogens is 218 g/mol. The van der Waals surface area contributed by atoms with Gasteiger partial charge < -0.3 is 0 Å². The van der Waals surface area contributed by atoms with Gasteiger partial charge in [-0.2, -0.15) is 0 Å². The maximum absolute atomic E-state index is 11.2. The van der Waals surface area contributed by atoms with Crippen LogP contribution in [0.15, 0.2) is 18.2 Å². The minimum absolute atomic E-state index is 0.0512. The molecule has 0 fully saturated rings. The van der Waals surface area contributed by atoms with Gasteiger partial charge >= 0.3 is 0 Å². The van der Waals surface area contributed by atoms with Crippen LogP contribution in [0.5, 0.6) is 5.75 Å². The molecule has 1 aromatic heterocycles. The van der Waals surface area contributed by atoms with Gasteiger partial charge in [-0.3, -0.25) is 5.11 Å². The number of aryl methyl sites for hydroxylation is 1. The number of thiazole rings is 1. The lowest BCUT2D eigenvalue weighted by Gasteiger charge is -1.95. The van der Waals surface area contributed by atoms with E-state index in [1.165, 1.54) is 25.7 Å². The number of fused-ring (bicyclic) bond motifs is 1. The third-order valence-corrected chi connectivity index (χ3v) is 3.74. The lowest BCUT2D eigenvalue weighted by atomic mass is 10.2. The van der Waals surface area contributed by atoms with Gasteiger partial charge in [0.1, 0.15) is 0 Å². The molecule has 0 saturated heterocycles. The fourth-order valence-corrected chi connectivity index (χ4v) is 2.75. The number of hydrogen-bond acceptors (Lipinski definition) is 2. The average molecular weight is 234 g/mol. The monoisotopic (exact) mass is 234 g/mol. The molecule has 0 aliphatic rings. The second kappa shape index (κ2) is 5.30. The Morgan fingerprint density at radius 3 is 2.94 bits per heavy atom. The topological polar surface area (TPSA) is 32.8 Å². The van der Waals surface area contributed by atoms with Gasteiger partial charge in [0.05, 0.1) is 15.2 Å². The van der Waals surface area contributed by atoms with Gasteiger partial charge in [-0.25, -0.2) is 4.98 Å². The van der Waals surface area contributed by atoms with E-state index in [0.29, 0.717) is 0 Å². The molecule has 2 rings (SSSR count). The summed E-state index contributed by atoms with van der Waals surface area (Å²) in [5.74, 6) is 0.0512. The second-order valence-corrected chi connectivity index (χ2v) is 5.16. The first-order valence-corrected chi connectivity index (χ1v) is 6.67. The predicted octanol–water partition coefficient (Wildman–Crippen LogP) is 4.56. The van der Waals surface area contributed by atoms with Gasteiger partial charge in [-0.15, -0.1) is 11.3 Å². The lowest BCUT2D eigenvalue weighted by Crippen LogP contribution is -1.83. The van der Waals surface area contributed by atoms with Gasteiger partial charge in [-0.1, -0.05) is 26.2 Å². The SMILES string of the molecule is CCCCCCc1nc2cc([O])ccc2s1. The highest BCUT2D eigenvalue weighted by Crippen LogP contribution is 2.26. The molecule has 0 aliphatic carbocycles. The van der Waals surface area contributed by atoms with Gasteiger partial charge in [-0.05, 0) is 25.0 Å². The number of hydrogen-bond donors (Lipinski definition) is 0. The van der Waals surface area contributed by atoms with E-state index in [1.807, 2.05) is 6.07 Å². The summed E-state index contributed by atoms with van der Waals surface area (Å²) in [4.78, 5) is 4.49. The Morgan fingerprint density at radius 1 is 1.25 bits per heavy atom. The molecule has 0 amide bonds. The summed E-state index contributed by atoms with van der Waals surface area (Å²) < 4.78 is 1.13. The standard InChI is InChI=1S/C13H16NOS/c1-2-3-4-5-6-13-14-11-9-10(15)7-8-12(11)16-13/h7-9H,2-6H2,1H3. The molecule has 0 spiro atoms. The minimum atomic E-state index is 0.0512. The van der Waals surface area contributed by atoms with Crippen molar-refractivity contribution in [2.24, 2.45) is 0 Å². The summed E-state index contributed by atoms with van der Waals surface area (Å²) in [7, 11) is 0. The van der Waals surface area contributed by atoms with E-state index < -0.39 is 0 Å². The Bertz CT molecular complexity index is 464. The van der Waals surface area contributed by atoms with Crippen molar-refractivity contribution >= 4 is 21.6 Å². The summed E-state index contributed by atoms with van der Waals surface area (Å²) in [6, 6.07) is 5.12. The summed E-state index contributed by atoms with van der Waals surface area (Å²) >= 11 is 1.71. The third kappa shape index (κ3) is 2.73. The maximum atomic E-state index is 11.2. The van der Waals surface area contributed by atoms with E-state index >= 15 is 0 Å². The largest absolute Gasteiger partial charge is 0.290 e. The molecule has 3 heteroatoms. The smallest absolute Gasteiger partial charge is 0.180 e. The molecule has 2 nitrogen and oxygen atoms in total. The molecule has 2 aromatic rings. The molecule has 1 aromatic carbocycles. The number of aromatic nitrogens is 1. The molecule has 85 valence electrons. The van der Waals surface area contributed by atoms with Crippen molar-refractivity contribution in [1.29, 1.82) is 0 Å². The molecular formula is C13H16NOS. The van der Waals surface area contributed by atoms with Gasteiger partial charge in [0.15, 0.2) is 5.75 Å². The van der Waals surface area contributed by atoms with Gasteiger partial charge in [0.2, 0.25) is 0 Å². The summed E-state index contributed by atoms with van der Waals surface area (Å²) in [6.07, 6.45) is 6.10. The molecule has 0 atom stereocenters. The first-order valence-electron chi connectivity index (χ1n) is 5.86. The van der Waals surface area contributed by atoms with Crippen molar-refractivity contribution in [1.82, 2.24) is 4.98 Å². The van der Waals surface area contributed by atoms with Crippen LogP contribution >= 0.6 is 11.3 Å². The fraction of sp³-hybridized carbons (Fsp3) is 0.462. The van der Waals surface area contributed by atoms with Crippen LogP contribution in [-0.2, 0) is 11.5 Å². The summed E-state index contributed by atoms with van der Waals surface area (Å²) in [5, 5.41) is 12.3. The van der Waals surface area contributed by atoms with Crippen molar-refractivity contribution in [3.8, 4) is 5.75 Å². The number of benzene rings is 1. The van der Waals surface area contributed by atoms with Crippen LogP contribution in [0.3, 0.4) is 0 Å². The summed E-state index contributed by atoms with van der Waals surface area (Å²) in [6.45, 7) is 2.22. The van der Waals surface area contributed by atoms with Crippen molar-refractivity contribution < 1.29 is 5.11 Å². The Labute approximate surface area is 100.0 Å². The van der Waals surface area contributed by atoms with Crippen LogP contribution in [0.4, 0.5) is 0 Å². The highest BCUT2D eigenvalue weighted by molar-refractivity contribution is 7.18. The van der Waals surface area contributed by atoms with E-state index in [2.05, 4.69) is 11.9 Å².